The van der Waals surface area contributed by atoms with Crippen molar-refractivity contribution in [2.45, 2.75) is 25.7 Å². The third-order valence-electron chi connectivity index (χ3n) is 2.72. The fourth-order valence-corrected chi connectivity index (χ4v) is 2.84. The van der Waals surface area contributed by atoms with Gasteiger partial charge in [-0.05, 0) is 25.0 Å². The second-order valence-corrected chi connectivity index (χ2v) is 7.28. The number of rotatable bonds is 7. The van der Waals surface area contributed by atoms with Crippen molar-refractivity contribution in [2.75, 3.05) is 25.4 Å². The Hall–Kier alpha value is -0.830. The van der Waals surface area contributed by atoms with Crippen LogP contribution >= 0.6 is 24.0 Å². The zero-order valence-corrected chi connectivity index (χ0v) is 16.5. The van der Waals surface area contributed by atoms with Gasteiger partial charge in [-0.1, -0.05) is 32.0 Å². The number of nitrogens with one attached hydrogen (secondary N) is 2. The molecule has 0 aliphatic rings. The Labute approximate surface area is 150 Å². The van der Waals surface area contributed by atoms with E-state index in [1.807, 2.05) is 6.92 Å². The molecule has 0 heterocycles. The first-order valence-corrected chi connectivity index (χ1v) is 8.91. The Kier molecular flexibility index (Phi) is 10.4. The van der Waals surface area contributed by atoms with Crippen molar-refractivity contribution in [2.24, 2.45) is 10.9 Å². The van der Waals surface area contributed by atoms with E-state index in [2.05, 4.69) is 29.5 Å². The molecule has 2 N–H and O–H groups in total. The smallest absolute Gasteiger partial charge is 0.191 e. The van der Waals surface area contributed by atoms with E-state index >= 15 is 0 Å². The highest BCUT2D eigenvalue weighted by atomic mass is 127. The normalized spacial score (nSPS) is 11.9. The van der Waals surface area contributed by atoms with Gasteiger partial charge in [-0.15, -0.1) is 24.0 Å². The maximum absolute atomic E-state index is 12.1. The zero-order chi connectivity index (χ0) is 15.7. The first-order chi connectivity index (χ1) is 9.95. The van der Waals surface area contributed by atoms with Crippen molar-refractivity contribution >= 4 is 39.8 Å². The van der Waals surface area contributed by atoms with Crippen LogP contribution in [0.15, 0.2) is 40.2 Å². The van der Waals surface area contributed by atoms with Gasteiger partial charge in [-0.3, -0.25) is 4.99 Å². The van der Waals surface area contributed by atoms with E-state index in [-0.39, 0.29) is 29.7 Å². The zero-order valence-electron chi connectivity index (χ0n) is 13.4. The Morgan fingerprint density at radius 3 is 2.36 bits per heavy atom. The molecule has 0 aliphatic heterocycles. The van der Waals surface area contributed by atoms with Crippen LogP contribution in [0.4, 0.5) is 0 Å². The van der Waals surface area contributed by atoms with Gasteiger partial charge >= 0.3 is 0 Å². The summed E-state index contributed by atoms with van der Waals surface area (Å²) >= 11 is 0. The minimum absolute atomic E-state index is 0. The minimum atomic E-state index is -3.25. The Morgan fingerprint density at radius 1 is 1.18 bits per heavy atom. The largest absolute Gasteiger partial charge is 0.357 e. The van der Waals surface area contributed by atoms with Crippen LogP contribution in [-0.4, -0.2) is 39.8 Å². The molecule has 7 heteroatoms. The van der Waals surface area contributed by atoms with E-state index in [0.717, 1.165) is 6.54 Å². The highest BCUT2D eigenvalue weighted by Crippen LogP contribution is 2.09. The van der Waals surface area contributed by atoms with Crippen molar-refractivity contribution in [3.05, 3.63) is 30.3 Å². The van der Waals surface area contributed by atoms with Crippen LogP contribution in [0.1, 0.15) is 20.8 Å². The molecule has 0 bridgehead atoms. The maximum atomic E-state index is 12.1. The molecule has 0 radical (unpaired) electrons. The summed E-state index contributed by atoms with van der Waals surface area (Å²) in [5.41, 5.74) is 0. The SMILES string of the molecule is CCNC(=NCC(C)C)NCCS(=O)(=O)c1ccccc1.I. The summed E-state index contributed by atoms with van der Waals surface area (Å²) in [5, 5.41) is 6.17. The number of nitrogens with zero attached hydrogens (tertiary/aromatic N) is 1. The quantitative estimate of drug-likeness (QED) is 0.389. The number of aliphatic imine (C=N–C) groups is 1. The Bertz CT molecular complexity index is 545. The third kappa shape index (κ3) is 7.98. The maximum Gasteiger partial charge on any atom is 0.191 e. The summed E-state index contributed by atoms with van der Waals surface area (Å²) in [6, 6.07) is 8.50. The van der Waals surface area contributed by atoms with E-state index in [1.165, 1.54) is 0 Å². The van der Waals surface area contributed by atoms with Gasteiger partial charge in [0.25, 0.3) is 0 Å². The highest BCUT2D eigenvalue weighted by Gasteiger charge is 2.13. The molecule has 0 atom stereocenters. The molecule has 5 nitrogen and oxygen atoms in total. The first kappa shape index (κ1) is 21.2. The van der Waals surface area contributed by atoms with E-state index < -0.39 is 9.84 Å². The average Bonchev–Trinajstić information content (AvgIpc) is 2.45. The Balaban J connectivity index is 0.00000441. The fourth-order valence-electron chi connectivity index (χ4n) is 1.67. The second kappa shape index (κ2) is 10.8. The van der Waals surface area contributed by atoms with Gasteiger partial charge in [0.15, 0.2) is 15.8 Å². The molecule has 22 heavy (non-hydrogen) atoms. The molecule has 0 aliphatic carbocycles. The first-order valence-electron chi connectivity index (χ1n) is 7.25. The molecule has 1 rings (SSSR count). The van der Waals surface area contributed by atoms with Crippen LogP contribution in [0.5, 0.6) is 0 Å². The average molecular weight is 439 g/mol. The van der Waals surface area contributed by atoms with Gasteiger partial charge in [-0.25, -0.2) is 8.42 Å². The van der Waals surface area contributed by atoms with Gasteiger partial charge < -0.3 is 10.6 Å². The molecule has 0 aromatic heterocycles. The third-order valence-corrected chi connectivity index (χ3v) is 4.46. The summed E-state index contributed by atoms with van der Waals surface area (Å²) in [5.74, 6) is 1.17. The number of guanidine groups is 1. The standard InChI is InChI=1S/C15H25N3O2S.HI/c1-4-16-15(18-12-13(2)3)17-10-11-21(19,20)14-8-6-5-7-9-14;/h5-9,13H,4,10-12H2,1-3H3,(H2,16,17,18);1H. The lowest BCUT2D eigenvalue weighted by molar-refractivity contribution is 0.594. The molecular formula is C15H26IN3O2S. The highest BCUT2D eigenvalue weighted by molar-refractivity contribution is 14.0. The van der Waals surface area contributed by atoms with Crippen molar-refractivity contribution in [1.29, 1.82) is 0 Å². The number of hydrogen-bond acceptors (Lipinski definition) is 3. The molecule has 0 amide bonds. The summed E-state index contributed by atoms with van der Waals surface area (Å²) in [7, 11) is -3.25. The molecule has 1 aromatic rings. The predicted molar refractivity (Wildman–Crippen MR) is 103 cm³/mol. The van der Waals surface area contributed by atoms with Gasteiger partial charge in [0.05, 0.1) is 10.6 Å². The molecule has 1 aromatic carbocycles. The summed E-state index contributed by atoms with van der Waals surface area (Å²) in [6.45, 7) is 7.95. The van der Waals surface area contributed by atoms with Crippen LogP contribution in [0.25, 0.3) is 0 Å². The van der Waals surface area contributed by atoms with Crippen LogP contribution in [-0.2, 0) is 9.84 Å². The predicted octanol–water partition coefficient (Wildman–Crippen LogP) is 2.29. The van der Waals surface area contributed by atoms with Crippen LogP contribution in [0, 0.1) is 5.92 Å². The Morgan fingerprint density at radius 2 is 1.82 bits per heavy atom. The van der Waals surface area contributed by atoms with Gasteiger partial charge in [0.2, 0.25) is 0 Å². The topological polar surface area (TPSA) is 70.6 Å². The lowest BCUT2D eigenvalue weighted by atomic mass is 10.2. The van der Waals surface area contributed by atoms with Crippen molar-refractivity contribution in [1.82, 2.24) is 10.6 Å². The lowest BCUT2D eigenvalue weighted by Crippen LogP contribution is -2.39. The van der Waals surface area contributed by atoms with Crippen LogP contribution < -0.4 is 10.6 Å². The molecule has 0 saturated carbocycles. The summed E-state index contributed by atoms with van der Waals surface area (Å²) < 4.78 is 24.3. The van der Waals surface area contributed by atoms with Gasteiger partial charge in [-0.2, -0.15) is 0 Å². The van der Waals surface area contributed by atoms with Crippen LogP contribution in [0.3, 0.4) is 0 Å². The number of halogens is 1. The molecule has 126 valence electrons. The van der Waals surface area contributed by atoms with Gasteiger partial charge in [0.1, 0.15) is 0 Å². The molecule has 0 unspecified atom stereocenters. The fraction of sp³-hybridized carbons (Fsp3) is 0.533. The minimum Gasteiger partial charge on any atom is -0.357 e. The van der Waals surface area contributed by atoms with Gasteiger partial charge in [0, 0.05) is 19.6 Å². The van der Waals surface area contributed by atoms with E-state index in [4.69, 9.17) is 0 Å². The van der Waals surface area contributed by atoms with Crippen molar-refractivity contribution in [3.8, 4) is 0 Å². The summed E-state index contributed by atoms with van der Waals surface area (Å²) in [4.78, 5) is 4.76. The monoisotopic (exact) mass is 439 g/mol. The van der Waals surface area contributed by atoms with Crippen molar-refractivity contribution in [3.63, 3.8) is 0 Å². The molecule has 0 saturated heterocycles. The lowest BCUT2D eigenvalue weighted by Gasteiger charge is -2.12. The second-order valence-electron chi connectivity index (χ2n) is 5.17. The molecular weight excluding hydrogens is 413 g/mol. The van der Waals surface area contributed by atoms with Crippen molar-refractivity contribution < 1.29 is 8.42 Å². The number of hydrogen-bond donors (Lipinski definition) is 2. The number of benzene rings is 1. The molecule has 0 spiro atoms. The molecule has 0 fully saturated rings. The van der Waals surface area contributed by atoms with E-state index in [1.54, 1.807) is 30.3 Å². The summed E-state index contributed by atoms with van der Waals surface area (Å²) in [6.07, 6.45) is 0. The van der Waals surface area contributed by atoms with E-state index in [9.17, 15) is 8.42 Å². The van der Waals surface area contributed by atoms with E-state index in [0.29, 0.717) is 29.9 Å². The number of sulfone groups is 1. The van der Waals surface area contributed by atoms with Crippen LogP contribution in [0.2, 0.25) is 0 Å².